The Morgan fingerprint density at radius 3 is 2.96 bits per heavy atom. The maximum atomic E-state index is 13.1. The maximum Gasteiger partial charge on any atom is 0.282 e. The van der Waals surface area contributed by atoms with E-state index < -0.39 is 10.2 Å². The molecule has 1 atom stereocenters. The average molecular weight is 349 g/mol. The minimum atomic E-state index is -3.45. The number of nitrogens with one attached hydrogen (secondary N) is 1. The predicted molar refractivity (Wildman–Crippen MR) is 92.9 cm³/mol. The normalized spacial score (nSPS) is 23.0. The third kappa shape index (κ3) is 2.56. The summed E-state index contributed by atoms with van der Waals surface area (Å²) in [5, 5.41) is 1.13. The van der Waals surface area contributed by atoms with Gasteiger partial charge in [-0.25, -0.2) is 0 Å². The number of nitrogens with zero attached hydrogens (tertiary/aromatic N) is 2. The Hall–Kier alpha value is -1.41. The van der Waals surface area contributed by atoms with E-state index in [0.717, 1.165) is 41.4 Å². The molecule has 1 fully saturated rings. The lowest BCUT2D eigenvalue weighted by Gasteiger charge is -2.33. The number of hydrogen-bond acceptors (Lipinski definition) is 3. The lowest BCUT2D eigenvalue weighted by Crippen LogP contribution is -2.48. The number of benzene rings is 1. The van der Waals surface area contributed by atoms with Gasteiger partial charge >= 0.3 is 0 Å². The van der Waals surface area contributed by atoms with Crippen LogP contribution in [-0.4, -0.2) is 54.9 Å². The Morgan fingerprint density at radius 1 is 1.29 bits per heavy atom. The maximum absolute atomic E-state index is 13.1. The van der Waals surface area contributed by atoms with Crippen molar-refractivity contribution in [2.24, 2.45) is 0 Å². The van der Waals surface area contributed by atoms with Gasteiger partial charge in [0.2, 0.25) is 0 Å². The van der Waals surface area contributed by atoms with Gasteiger partial charge in [0.15, 0.2) is 0 Å². The summed E-state index contributed by atoms with van der Waals surface area (Å²) < 4.78 is 34.7. The third-order valence-electron chi connectivity index (χ3n) is 5.15. The SMILES string of the molecule is COC[C@@H]1CCCN1S(=O)(=O)N1CCc2[nH]c3ccccc3c2C1. The highest BCUT2D eigenvalue weighted by Gasteiger charge is 2.39. The molecule has 1 saturated heterocycles. The first-order valence-corrected chi connectivity index (χ1v) is 9.85. The summed E-state index contributed by atoms with van der Waals surface area (Å²) in [4.78, 5) is 3.43. The van der Waals surface area contributed by atoms with Gasteiger partial charge in [-0.1, -0.05) is 18.2 Å². The van der Waals surface area contributed by atoms with Crippen LogP contribution in [0.1, 0.15) is 24.1 Å². The molecule has 2 aromatic rings. The summed E-state index contributed by atoms with van der Waals surface area (Å²) in [5.74, 6) is 0. The van der Waals surface area contributed by atoms with Gasteiger partial charge in [0.25, 0.3) is 10.2 Å². The van der Waals surface area contributed by atoms with Crippen LogP contribution in [0.15, 0.2) is 24.3 Å². The zero-order valence-electron chi connectivity index (χ0n) is 13.9. The molecule has 2 aliphatic rings. The molecule has 2 aliphatic heterocycles. The van der Waals surface area contributed by atoms with Gasteiger partial charge in [0.05, 0.1) is 6.61 Å². The van der Waals surface area contributed by atoms with E-state index in [0.29, 0.717) is 26.2 Å². The van der Waals surface area contributed by atoms with Crippen molar-refractivity contribution in [1.29, 1.82) is 0 Å². The van der Waals surface area contributed by atoms with Gasteiger partial charge in [-0.15, -0.1) is 0 Å². The van der Waals surface area contributed by atoms with Gasteiger partial charge in [0.1, 0.15) is 0 Å². The molecule has 0 radical (unpaired) electrons. The number of hydrogen-bond donors (Lipinski definition) is 1. The van der Waals surface area contributed by atoms with Gasteiger partial charge in [0, 0.05) is 55.8 Å². The average Bonchev–Trinajstić information content (AvgIpc) is 3.19. The van der Waals surface area contributed by atoms with Crippen LogP contribution in [0.5, 0.6) is 0 Å². The molecule has 3 heterocycles. The van der Waals surface area contributed by atoms with Crippen molar-refractivity contribution in [3.05, 3.63) is 35.5 Å². The van der Waals surface area contributed by atoms with Crippen LogP contribution in [0.25, 0.3) is 10.9 Å². The number of H-pyrrole nitrogens is 1. The first-order valence-electron chi connectivity index (χ1n) is 8.45. The number of aromatic amines is 1. The number of aromatic nitrogens is 1. The Balaban J connectivity index is 1.64. The number of para-hydroxylation sites is 1. The summed E-state index contributed by atoms with van der Waals surface area (Å²) >= 11 is 0. The predicted octanol–water partition coefficient (Wildman–Crippen LogP) is 1.88. The monoisotopic (exact) mass is 349 g/mol. The fourth-order valence-electron chi connectivity index (χ4n) is 3.96. The first kappa shape index (κ1) is 16.1. The second kappa shape index (κ2) is 6.15. The fourth-order valence-corrected chi connectivity index (χ4v) is 5.77. The van der Waals surface area contributed by atoms with E-state index in [2.05, 4.69) is 11.1 Å². The number of methoxy groups -OCH3 is 1. The van der Waals surface area contributed by atoms with Gasteiger partial charge in [-0.05, 0) is 24.5 Å². The Kier molecular flexibility index (Phi) is 4.12. The van der Waals surface area contributed by atoms with Crippen molar-refractivity contribution in [3.8, 4) is 0 Å². The van der Waals surface area contributed by atoms with Gasteiger partial charge in [-0.2, -0.15) is 17.0 Å². The van der Waals surface area contributed by atoms with Crippen molar-refractivity contribution in [2.75, 3.05) is 26.8 Å². The third-order valence-corrected chi connectivity index (χ3v) is 7.19. The molecule has 24 heavy (non-hydrogen) atoms. The Labute approximate surface area is 142 Å². The van der Waals surface area contributed by atoms with Crippen molar-refractivity contribution in [1.82, 2.24) is 13.6 Å². The van der Waals surface area contributed by atoms with E-state index >= 15 is 0 Å². The molecular formula is C17H23N3O3S. The second-order valence-corrected chi connectivity index (χ2v) is 8.46. The van der Waals surface area contributed by atoms with E-state index in [1.807, 2.05) is 18.2 Å². The van der Waals surface area contributed by atoms with Gasteiger partial charge in [-0.3, -0.25) is 0 Å². The number of rotatable bonds is 4. The van der Waals surface area contributed by atoms with Crippen LogP contribution in [0, 0.1) is 0 Å². The van der Waals surface area contributed by atoms with Crippen LogP contribution in [0.2, 0.25) is 0 Å². The number of ether oxygens (including phenoxy) is 1. The minimum absolute atomic E-state index is 0.0376. The summed E-state index contributed by atoms with van der Waals surface area (Å²) in [7, 11) is -1.82. The van der Waals surface area contributed by atoms with Crippen LogP contribution in [0.3, 0.4) is 0 Å². The summed E-state index contributed by atoms with van der Waals surface area (Å²) in [6.45, 7) is 2.02. The molecule has 0 aliphatic carbocycles. The van der Waals surface area contributed by atoms with E-state index in [1.165, 1.54) is 0 Å². The highest BCUT2D eigenvalue weighted by Crippen LogP contribution is 2.31. The Morgan fingerprint density at radius 2 is 2.12 bits per heavy atom. The zero-order chi connectivity index (χ0) is 16.7. The largest absolute Gasteiger partial charge is 0.383 e. The highest BCUT2D eigenvalue weighted by molar-refractivity contribution is 7.86. The molecule has 1 aromatic heterocycles. The smallest absolute Gasteiger partial charge is 0.282 e. The number of fused-ring (bicyclic) bond motifs is 3. The molecule has 7 heteroatoms. The van der Waals surface area contributed by atoms with E-state index in [1.54, 1.807) is 15.7 Å². The molecule has 0 saturated carbocycles. The van der Waals surface area contributed by atoms with Crippen LogP contribution >= 0.6 is 0 Å². The molecule has 130 valence electrons. The molecule has 0 amide bonds. The van der Waals surface area contributed by atoms with Crippen molar-refractivity contribution < 1.29 is 13.2 Å². The van der Waals surface area contributed by atoms with Crippen LogP contribution in [-0.2, 0) is 27.9 Å². The fraction of sp³-hybridized carbons (Fsp3) is 0.529. The molecule has 6 nitrogen and oxygen atoms in total. The highest BCUT2D eigenvalue weighted by atomic mass is 32.2. The molecule has 0 spiro atoms. The lowest BCUT2D eigenvalue weighted by molar-refractivity contribution is 0.145. The van der Waals surface area contributed by atoms with E-state index in [9.17, 15) is 8.42 Å². The van der Waals surface area contributed by atoms with Crippen LogP contribution < -0.4 is 0 Å². The molecule has 4 rings (SSSR count). The summed E-state index contributed by atoms with van der Waals surface area (Å²) in [6.07, 6.45) is 2.50. The standard InChI is InChI=1S/C17H23N3O3S/c1-23-12-13-5-4-9-20(13)24(21,22)19-10-8-17-15(11-19)14-6-2-3-7-16(14)18-17/h2-3,6-7,13,18H,4-5,8-12H2,1H3/t13-/m0/s1. The molecule has 1 N–H and O–H groups in total. The molecule has 0 bridgehead atoms. The van der Waals surface area contributed by atoms with Gasteiger partial charge < -0.3 is 9.72 Å². The van der Waals surface area contributed by atoms with Crippen LogP contribution in [0.4, 0.5) is 0 Å². The topological polar surface area (TPSA) is 65.6 Å². The summed E-state index contributed by atoms with van der Waals surface area (Å²) in [6, 6.07) is 8.06. The minimum Gasteiger partial charge on any atom is -0.383 e. The quantitative estimate of drug-likeness (QED) is 0.917. The van der Waals surface area contributed by atoms with E-state index in [-0.39, 0.29) is 6.04 Å². The van der Waals surface area contributed by atoms with Crippen molar-refractivity contribution in [2.45, 2.75) is 31.8 Å². The molecule has 0 unspecified atom stereocenters. The second-order valence-electron chi connectivity index (χ2n) is 6.58. The zero-order valence-corrected chi connectivity index (χ0v) is 14.7. The Bertz CT molecular complexity index is 846. The molecular weight excluding hydrogens is 326 g/mol. The lowest BCUT2D eigenvalue weighted by atomic mass is 10.1. The van der Waals surface area contributed by atoms with Crippen molar-refractivity contribution >= 4 is 21.1 Å². The van der Waals surface area contributed by atoms with Crippen molar-refractivity contribution in [3.63, 3.8) is 0 Å². The van der Waals surface area contributed by atoms with E-state index in [4.69, 9.17) is 4.74 Å². The first-order chi connectivity index (χ1) is 11.6. The molecule has 1 aromatic carbocycles. The summed E-state index contributed by atoms with van der Waals surface area (Å²) in [5.41, 5.74) is 3.36.